The molecule has 1 aromatic carbocycles. The van der Waals surface area contributed by atoms with Crippen molar-refractivity contribution in [2.45, 2.75) is 263 Å². The summed E-state index contributed by atoms with van der Waals surface area (Å²) in [6, 6.07) is 3.22. The topological polar surface area (TPSA) is 107 Å². The van der Waals surface area contributed by atoms with Gasteiger partial charge in [-0.15, -0.1) is 0 Å². The Bertz CT molecular complexity index is 1370. The fourth-order valence-corrected chi connectivity index (χ4v) is 8.64. The Kier molecular flexibility index (Phi) is 39.5. The van der Waals surface area contributed by atoms with Crippen molar-refractivity contribution in [3.8, 4) is 0 Å². The molecule has 358 valence electrons. The number of rotatable bonds is 45. The molecule has 0 aliphatic carbocycles. The van der Waals surface area contributed by atoms with Crippen molar-refractivity contribution in [1.29, 1.82) is 0 Å². The van der Waals surface area contributed by atoms with E-state index in [1.807, 2.05) is 12.2 Å². The van der Waals surface area contributed by atoms with Crippen molar-refractivity contribution in [1.82, 2.24) is 0 Å². The van der Waals surface area contributed by atoms with Crippen LogP contribution in [0, 0.1) is 0 Å². The molecule has 0 spiro atoms. The summed E-state index contributed by atoms with van der Waals surface area (Å²) in [4.78, 5) is 25.4. The van der Waals surface area contributed by atoms with Crippen LogP contribution in [0.5, 0.6) is 0 Å². The van der Waals surface area contributed by atoms with Gasteiger partial charge >= 0.3 is 11.9 Å². The number of hydrogen-bond acceptors (Lipinski definition) is 6. The van der Waals surface area contributed by atoms with Crippen LogP contribution in [-0.4, -0.2) is 38.1 Å². The first-order chi connectivity index (χ1) is 30.3. The van der Waals surface area contributed by atoms with E-state index >= 15 is 0 Å². The maximum Gasteiger partial charge on any atom is 0.339 e. The molecule has 0 bridgehead atoms. The highest BCUT2D eigenvalue weighted by Crippen LogP contribution is 2.20. The lowest BCUT2D eigenvalue weighted by molar-refractivity contribution is 0.0502. The smallest absolute Gasteiger partial charge is 0.339 e. The highest BCUT2D eigenvalue weighted by atomic mass is 32.2. The van der Waals surface area contributed by atoms with Crippen molar-refractivity contribution in [2.75, 3.05) is 13.2 Å². The molecule has 1 N–H and O–H groups in total. The molecular weight excluding hydrogens is 793 g/mol. The van der Waals surface area contributed by atoms with E-state index in [0.717, 1.165) is 37.8 Å². The Labute approximate surface area is 382 Å². The molecule has 1 aromatic rings. The standard InChI is InChI=1S/C54H94O7S/c1-3-5-7-9-11-13-15-17-19-21-23-25-27-29-31-33-35-37-39-41-43-47-60-53(55)51-46-45-50(62(57,58)59)49-52(51)54(56)61-48-44-42-40-38-36-34-32-30-28-26-24-22-20-18-16-14-12-10-8-6-4-2/h41-46,49H,3-40,47-48H2,1-2H3,(H,57,58,59)/b43-41+,44-42+. The van der Waals surface area contributed by atoms with Crippen LogP contribution in [0.1, 0.15) is 279 Å². The molecule has 0 aliphatic rings. The fraction of sp³-hybridized carbons (Fsp3) is 0.778. The minimum Gasteiger partial charge on any atom is -0.458 e. The Morgan fingerprint density at radius 3 is 0.984 bits per heavy atom. The van der Waals surface area contributed by atoms with E-state index in [1.165, 1.54) is 224 Å². The maximum atomic E-state index is 13.0. The first kappa shape index (κ1) is 57.6. The van der Waals surface area contributed by atoms with Crippen molar-refractivity contribution >= 4 is 22.1 Å². The van der Waals surface area contributed by atoms with E-state index in [4.69, 9.17) is 9.47 Å². The van der Waals surface area contributed by atoms with Crippen molar-refractivity contribution in [3.63, 3.8) is 0 Å². The number of allylic oxidation sites excluding steroid dienone is 2. The number of carbonyl (C=O) groups excluding carboxylic acids is 2. The Morgan fingerprint density at radius 2 is 0.694 bits per heavy atom. The van der Waals surface area contributed by atoms with Gasteiger partial charge in [0.1, 0.15) is 13.2 Å². The minimum absolute atomic E-state index is 0.00928. The summed E-state index contributed by atoms with van der Waals surface area (Å²) in [5, 5.41) is 0. The van der Waals surface area contributed by atoms with Gasteiger partial charge in [-0.25, -0.2) is 9.59 Å². The third-order valence-corrected chi connectivity index (χ3v) is 13.0. The van der Waals surface area contributed by atoms with Gasteiger partial charge in [-0.1, -0.05) is 256 Å². The summed E-state index contributed by atoms with van der Waals surface area (Å²) >= 11 is 0. The van der Waals surface area contributed by atoms with Crippen molar-refractivity contribution in [3.05, 3.63) is 53.6 Å². The summed E-state index contributed by atoms with van der Waals surface area (Å²) in [5.41, 5.74) is -0.369. The molecule has 0 aromatic heterocycles. The molecule has 0 unspecified atom stereocenters. The number of unbranched alkanes of at least 4 members (excludes halogenated alkanes) is 36. The van der Waals surface area contributed by atoms with Gasteiger partial charge in [0, 0.05) is 0 Å². The second-order valence-corrected chi connectivity index (χ2v) is 19.3. The van der Waals surface area contributed by atoms with E-state index in [2.05, 4.69) is 13.8 Å². The average Bonchev–Trinajstić information content (AvgIpc) is 3.26. The zero-order valence-electron chi connectivity index (χ0n) is 40.1. The van der Waals surface area contributed by atoms with Crippen LogP contribution >= 0.6 is 0 Å². The Morgan fingerprint density at radius 1 is 0.419 bits per heavy atom. The van der Waals surface area contributed by atoms with Crippen LogP contribution in [0.2, 0.25) is 0 Å². The first-order valence-electron chi connectivity index (χ1n) is 26.1. The third kappa shape index (κ3) is 35.0. The fourth-order valence-electron chi connectivity index (χ4n) is 8.13. The number of esters is 2. The van der Waals surface area contributed by atoms with E-state index in [-0.39, 0.29) is 24.3 Å². The van der Waals surface area contributed by atoms with Gasteiger partial charge in [-0.05, 0) is 43.9 Å². The molecule has 0 saturated heterocycles. The Balaban J connectivity index is 2.16. The largest absolute Gasteiger partial charge is 0.458 e. The van der Waals surface area contributed by atoms with Crippen LogP contribution in [0.4, 0.5) is 0 Å². The summed E-state index contributed by atoms with van der Waals surface area (Å²) in [6.45, 7) is 4.58. The summed E-state index contributed by atoms with van der Waals surface area (Å²) in [5.74, 6) is -1.62. The third-order valence-electron chi connectivity index (χ3n) is 12.1. The lowest BCUT2D eigenvalue weighted by Crippen LogP contribution is -2.15. The highest BCUT2D eigenvalue weighted by molar-refractivity contribution is 7.85. The van der Waals surface area contributed by atoms with Crippen LogP contribution in [0.3, 0.4) is 0 Å². The zero-order valence-corrected chi connectivity index (χ0v) is 40.9. The molecule has 0 heterocycles. The second-order valence-electron chi connectivity index (χ2n) is 17.9. The average molecular weight is 887 g/mol. The normalized spacial score (nSPS) is 11.9. The molecule has 8 heteroatoms. The molecule has 62 heavy (non-hydrogen) atoms. The van der Waals surface area contributed by atoms with E-state index < -0.39 is 27.0 Å². The predicted molar refractivity (Wildman–Crippen MR) is 262 cm³/mol. The molecule has 0 saturated carbocycles. The first-order valence-corrected chi connectivity index (χ1v) is 27.5. The predicted octanol–water partition coefficient (Wildman–Crippen LogP) is 17.2. The van der Waals surface area contributed by atoms with Gasteiger partial charge < -0.3 is 9.47 Å². The van der Waals surface area contributed by atoms with Crippen LogP contribution in [0.25, 0.3) is 0 Å². The molecule has 0 aliphatic heterocycles. The van der Waals surface area contributed by atoms with E-state index in [9.17, 15) is 22.6 Å². The van der Waals surface area contributed by atoms with Gasteiger partial charge in [-0.2, -0.15) is 8.42 Å². The number of benzene rings is 1. The molecule has 7 nitrogen and oxygen atoms in total. The van der Waals surface area contributed by atoms with Gasteiger partial charge in [0.15, 0.2) is 0 Å². The lowest BCUT2D eigenvalue weighted by atomic mass is 10.0. The van der Waals surface area contributed by atoms with Gasteiger partial charge in [0.2, 0.25) is 0 Å². The van der Waals surface area contributed by atoms with Crippen LogP contribution in [0.15, 0.2) is 47.4 Å². The maximum absolute atomic E-state index is 13.0. The molecule has 0 amide bonds. The lowest BCUT2D eigenvalue weighted by Gasteiger charge is -2.10. The number of ether oxygens (including phenoxy) is 2. The minimum atomic E-state index is -4.59. The van der Waals surface area contributed by atoms with Gasteiger partial charge in [-0.3, -0.25) is 4.55 Å². The van der Waals surface area contributed by atoms with Crippen molar-refractivity contribution in [2.24, 2.45) is 0 Å². The monoisotopic (exact) mass is 887 g/mol. The molecular formula is C54H94O7S. The number of hydrogen-bond donors (Lipinski definition) is 1. The second kappa shape index (κ2) is 42.5. The van der Waals surface area contributed by atoms with Crippen LogP contribution < -0.4 is 0 Å². The van der Waals surface area contributed by atoms with E-state index in [1.54, 1.807) is 12.2 Å². The molecule has 0 fully saturated rings. The van der Waals surface area contributed by atoms with E-state index in [0.29, 0.717) is 0 Å². The zero-order chi connectivity index (χ0) is 45.0. The quantitative estimate of drug-likeness (QED) is 0.0301. The SMILES string of the molecule is CCCCCCCCCCCCCCCCCCCC/C=C/COC(=O)c1ccc(S(=O)(=O)O)cc1C(=O)OC/C=C/CCCCCCCCCCCCCCCCCCCC. The molecule has 0 atom stereocenters. The molecule has 0 radical (unpaired) electrons. The Hall–Kier alpha value is -2.45. The summed E-state index contributed by atoms with van der Waals surface area (Å²) in [6.07, 6.45) is 57.7. The summed E-state index contributed by atoms with van der Waals surface area (Å²) in [7, 11) is -4.59. The van der Waals surface area contributed by atoms with Crippen molar-refractivity contribution < 1.29 is 32.0 Å². The number of carbonyl (C=O) groups is 2. The summed E-state index contributed by atoms with van der Waals surface area (Å²) < 4.78 is 43.9. The van der Waals surface area contributed by atoms with Crippen LogP contribution in [-0.2, 0) is 19.6 Å². The van der Waals surface area contributed by atoms with Gasteiger partial charge in [0.25, 0.3) is 10.1 Å². The molecule has 1 rings (SSSR count). The highest BCUT2D eigenvalue weighted by Gasteiger charge is 2.23. The van der Waals surface area contributed by atoms with Gasteiger partial charge in [0.05, 0.1) is 16.0 Å².